The van der Waals surface area contributed by atoms with Gasteiger partial charge in [-0.1, -0.05) is 12.1 Å². The summed E-state index contributed by atoms with van der Waals surface area (Å²) in [5.41, 5.74) is 1.89. The SMILES string of the molecule is O=C(CCCNc1ccc([N+](=O)[O-])cc1)N1CCCCC1c1nc2ccccc2s1. The zero-order valence-electron chi connectivity index (χ0n) is 16.6. The highest BCUT2D eigenvalue weighted by molar-refractivity contribution is 7.18. The molecule has 2 heterocycles. The molecule has 1 unspecified atom stereocenters. The fourth-order valence-corrected chi connectivity index (χ4v) is 4.95. The Labute approximate surface area is 178 Å². The molecule has 8 heteroatoms. The predicted octanol–water partition coefficient (Wildman–Crippen LogP) is 5.15. The number of para-hydroxylation sites is 1. The molecule has 7 nitrogen and oxygen atoms in total. The molecule has 1 fully saturated rings. The number of benzene rings is 2. The van der Waals surface area contributed by atoms with Crippen LogP contribution in [0.5, 0.6) is 0 Å². The van der Waals surface area contributed by atoms with Gasteiger partial charge in [0, 0.05) is 37.3 Å². The molecule has 1 aromatic heterocycles. The number of carbonyl (C=O) groups is 1. The summed E-state index contributed by atoms with van der Waals surface area (Å²) in [6.07, 6.45) is 4.30. The molecule has 2 aromatic carbocycles. The maximum Gasteiger partial charge on any atom is 0.269 e. The van der Waals surface area contributed by atoms with E-state index in [-0.39, 0.29) is 17.6 Å². The molecule has 1 N–H and O–H groups in total. The highest BCUT2D eigenvalue weighted by Gasteiger charge is 2.29. The van der Waals surface area contributed by atoms with Gasteiger partial charge in [-0.3, -0.25) is 14.9 Å². The molecule has 0 radical (unpaired) electrons. The normalized spacial score (nSPS) is 16.5. The number of nitrogens with one attached hydrogen (secondary N) is 1. The van der Waals surface area contributed by atoms with E-state index in [0.717, 1.165) is 46.7 Å². The highest BCUT2D eigenvalue weighted by Crippen LogP contribution is 2.36. The number of thiazole rings is 1. The second-order valence-corrected chi connectivity index (χ2v) is 8.52. The van der Waals surface area contributed by atoms with Gasteiger partial charge in [0.05, 0.1) is 21.2 Å². The van der Waals surface area contributed by atoms with Crippen molar-refractivity contribution in [2.45, 2.75) is 38.1 Å². The van der Waals surface area contributed by atoms with Crippen LogP contribution in [0, 0.1) is 10.1 Å². The summed E-state index contributed by atoms with van der Waals surface area (Å²) in [5, 5.41) is 15.0. The van der Waals surface area contributed by atoms with Crippen LogP contribution in [-0.2, 0) is 4.79 Å². The first kappa shape index (κ1) is 20.3. The largest absolute Gasteiger partial charge is 0.385 e. The summed E-state index contributed by atoms with van der Waals surface area (Å²) in [5.74, 6) is 0.171. The zero-order chi connectivity index (χ0) is 20.9. The lowest BCUT2D eigenvalue weighted by molar-refractivity contribution is -0.384. The lowest BCUT2D eigenvalue weighted by Crippen LogP contribution is -2.38. The van der Waals surface area contributed by atoms with Crippen LogP contribution >= 0.6 is 11.3 Å². The Morgan fingerprint density at radius 2 is 2.00 bits per heavy atom. The van der Waals surface area contributed by atoms with E-state index in [1.165, 1.54) is 12.1 Å². The van der Waals surface area contributed by atoms with Crippen molar-refractivity contribution in [1.29, 1.82) is 0 Å². The molecule has 1 amide bonds. The van der Waals surface area contributed by atoms with Gasteiger partial charge in [-0.25, -0.2) is 4.98 Å². The number of rotatable bonds is 7. The fourth-order valence-electron chi connectivity index (χ4n) is 3.84. The van der Waals surface area contributed by atoms with Crippen LogP contribution in [0.1, 0.15) is 43.2 Å². The van der Waals surface area contributed by atoms with E-state index in [1.54, 1.807) is 23.5 Å². The standard InChI is InChI=1S/C22H24N4O3S/c27-21(9-5-14-23-16-10-12-17(13-11-16)26(28)29)25-15-4-3-7-19(25)22-24-18-6-1-2-8-20(18)30-22/h1-2,6,8,10-13,19,23H,3-5,7,9,14-15H2. The maximum atomic E-state index is 12.9. The smallest absolute Gasteiger partial charge is 0.269 e. The Bertz CT molecular complexity index is 1000. The average molecular weight is 425 g/mol. The molecule has 4 rings (SSSR count). The van der Waals surface area contributed by atoms with Crippen molar-refractivity contribution in [3.05, 3.63) is 63.7 Å². The summed E-state index contributed by atoms with van der Waals surface area (Å²) < 4.78 is 1.16. The van der Waals surface area contributed by atoms with E-state index in [9.17, 15) is 14.9 Å². The van der Waals surface area contributed by atoms with Crippen LogP contribution in [0.25, 0.3) is 10.2 Å². The number of amides is 1. The number of fused-ring (bicyclic) bond motifs is 1. The van der Waals surface area contributed by atoms with E-state index >= 15 is 0 Å². The molecule has 0 saturated carbocycles. The molecular weight excluding hydrogens is 400 g/mol. The van der Waals surface area contributed by atoms with Gasteiger partial charge in [0.1, 0.15) is 5.01 Å². The Kier molecular flexibility index (Phi) is 6.23. The fraction of sp³-hybridized carbons (Fsp3) is 0.364. The summed E-state index contributed by atoms with van der Waals surface area (Å²) in [4.78, 5) is 30.0. The minimum absolute atomic E-state index is 0.0710. The lowest BCUT2D eigenvalue weighted by atomic mass is 10.0. The van der Waals surface area contributed by atoms with E-state index in [4.69, 9.17) is 4.98 Å². The highest BCUT2D eigenvalue weighted by atomic mass is 32.1. The Balaban J connectivity index is 1.32. The molecule has 0 spiro atoms. The zero-order valence-corrected chi connectivity index (χ0v) is 17.4. The third kappa shape index (κ3) is 4.59. The summed E-state index contributed by atoms with van der Waals surface area (Å²) in [6, 6.07) is 14.5. The van der Waals surface area contributed by atoms with Gasteiger partial charge in [0.2, 0.25) is 5.91 Å². The number of nitro groups is 1. The van der Waals surface area contributed by atoms with Gasteiger partial charge in [-0.15, -0.1) is 11.3 Å². The van der Waals surface area contributed by atoms with Crippen molar-refractivity contribution >= 4 is 38.8 Å². The van der Waals surface area contributed by atoms with Crippen LogP contribution in [0.2, 0.25) is 0 Å². The first-order valence-corrected chi connectivity index (χ1v) is 11.1. The average Bonchev–Trinajstić information content (AvgIpc) is 3.21. The van der Waals surface area contributed by atoms with Crippen LogP contribution in [0.15, 0.2) is 48.5 Å². The molecular formula is C22H24N4O3S. The van der Waals surface area contributed by atoms with Crippen LogP contribution in [0.3, 0.4) is 0 Å². The van der Waals surface area contributed by atoms with Gasteiger partial charge in [0.25, 0.3) is 5.69 Å². The number of aromatic nitrogens is 1. The molecule has 1 aliphatic heterocycles. The predicted molar refractivity (Wildman–Crippen MR) is 119 cm³/mol. The van der Waals surface area contributed by atoms with Crippen LogP contribution in [-0.4, -0.2) is 33.8 Å². The molecule has 0 aliphatic carbocycles. The number of piperidine rings is 1. The second-order valence-electron chi connectivity index (χ2n) is 7.45. The summed E-state index contributed by atoms with van der Waals surface area (Å²) >= 11 is 1.69. The van der Waals surface area contributed by atoms with Crippen molar-refractivity contribution < 1.29 is 9.72 Å². The van der Waals surface area contributed by atoms with Gasteiger partial charge in [-0.05, 0) is 49.9 Å². The van der Waals surface area contributed by atoms with Crippen LogP contribution in [0.4, 0.5) is 11.4 Å². The van der Waals surface area contributed by atoms with E-state index in [1.807, 2.05) is 23.1 Å². The molecule has 30 heavy (non-hydrogen) atoms. The second kappa shape index (κ2) is 9.21. The van der Waals surface area contributed by atoms with Gasteiger partial charge in [0.15, 0.2) is 0 Å². The Hall–Kier alpha value is -3.00. The summed E-state index contributed by atoms with van der Waals surface area (Å²) in [7, 11) is 0. The number of nitro benzene ring substituents is 1. The first-order valence-electron chi connectivity index (χ1n) is 10.2. The molecule has 0 bridgehead atoms. The van der Waals surface area contributed by atoms with E-state index < -0.39 is 4.92 Å². The van der Waals surface area contributed by atoms with E-state index in [0.29, 0.717) is 19.4 Å². The minimum Gasteiger partial charge on any atom is -0.385 e. The van der Waals surface area contributed by atoms with Crippen molar-refractivity contribution in [2.24, 2.45) is 0 Å². The number of non-ortho nitro benzene ring substituents is 1. The third-order valence-corrected chi connectivity index (χ3v) is 6.53. The number of hydrogen-bond donors (Lipinski definition) is 1. The third-order valence-electron chi connectivity index (χ3n) is 5.39. The Morgan fingerprint density at radius 3 is 2.77 bits per heavy atom. The Morgan fingerprint density at radius 1 is 1.20 bits per heavy atom. The van der Waals surface area contributed by atoms with Crippen molar-refractivity contribution in [3.8, 4) is 0 Å². The monoisotopic (exact) mass is 424 g/mol. The van der Waals surface area contributed by atoms with Crippen molar-refractivity contribution in [2.75, 3.05) is 18.4 Å². The van der Waals surface area contributed by atoms with Crippen molar-refractivity contribution in [1.82, 2.24) is 9.88 Å². The number of hydrogen-bond acceptors (Lipinski definition) is 6. The van der Waals surface area contributed by atoms with E-state index in [2.05, 4.69) is 11.4 Å². The number of likely N-dealkylation sites (tertiary alicyclic amines) is 1. The molecule has 3 aromatic rings. The van der Waals surface area contributed by atoms with Crippen LogP contribution < -0.4 is 5.32 Å². The molecule has 156 valence electrons. The minimum atomic E-state index is -0.414. The van der Waals surface area contributed by atoms with Gasteiger partial charge >= 0.3 is 0 Å². The molecule has 1 aliphatic rings. The van der Waals surface area contributed by atoms with Gasteiger partial charge in [-0.2, -0.15) is 0 Å². The number of anilines is 1. The maximum absolute atomic E-state index is 12.9. The first-order chi connectivity index (χ1) is 14.6. The molecule has 1 atom stereocenters. The number of carbonyl (C=O) groups excluding carboxylic acids is 1. The topological polar surface area (TPSA) is 88.4 Å². The molecule has 1 saturated heterocycles. The van der Waals surface area contributed by atoms with Gasteiger partial charge < -0.3 is 10.2 Å². The quantitative estimate of drug-likeness (QED) is 0.322. The lowest BCUT2D eigenvalue weighted by Gasteiger charge is -2.34. The number of nitrogens with zero attached hydrogens (tertiary/aromatic N) is 3. The summed E-state index contributed by atoms with van der Waals surface area (Å²) in [6.45, 7) is 1.43. The van der Waals surface area contributed by atoms with Crippen molar-refractivity contribution in [3.63, 3.8) is 0 Å².